The summed E-state index contributed by atoms with van der Waals surface area (Å²) in [5.74, 6) is 0. The van der Waals surface area contributed by atoms with E-state index in [4.69, 9.17) is 0 Å². The number of anilines is 2. The van der Waals surface area contributed by atoms with E-state index in [2.05, 4.69) is 38.1 Å². The van der Waals surface area contributed by atoms with Crippen LogP contribution >= 0.6 is 15.9 Å². The van der Waals surface area contributed by atoms with Gasteiger partial charge >= 0.3 is 0 Å². The van der Waals surface area contributed by atoms with Gasteiger partial charge in [-0.05, 0) is 43.8 Å². The molecule has 1 fully saturated rings. The molecule has 1 N–H and O–H groups in total. The minimum absolute atomic E-state index is 0.0375. The molecule has 1 saturated heterocycles. The second kappa shape index (κ2) is 8.05. The van der Waals surface area contributed by atoms with Gasteiger partial charge in [0, 0.05) is 48.4 Å². The van der Waals surface area contributed by atoms with Crippen LogP contribution in [0.15, 0.2) is 46.9 Å². The van der Waals surface area contributed by atoms with E-state index < -0.39 is 0 Å². The predicted molar refractivity (Wildman–Crippen MR) is 109 cm³/mol. The molecule has 138 valence electrons. The summed E-state index contributed by atoms with van der Waals surface area (Å²) < 4.78 is 1.01. The smallest absolute Gasteiger partial charge is 0.292 e. The van der Waals surface area contributed by atoms with Crippen molar-refractivity contribution >= 4 is 33.0 Å². The average molecular weight is 419 g/mol. The van der Waals surface area contributed by atoms with Crippen molar-refractivity contribution in [3.05, 3.63) is 62.6 Å². The summed E-state index contributed by atoms with van der Waals surface area (Å²) in [6.45, 7) is 5.85. The van der Waals surface area contributed by atoms with Gasteiger partial charge in [0.15, 0.2) is 0 Å². The van der Waals surface area contributed by atoms with Crippen molar-refractivity contribution in [2.45, 2.75) is 13.0 Å². The maximum atomic E-state index is 11.5. The lowest BCUT2D eigenvalue weighted by atomic mass is 10.1. The Morgan fingerprint density at radius 2 is 1.77 bits per heavy atom. The normalized spacial score (nSPS) is 16.3. The fourth-order valence-corrected chi connectivity index (χ4v) is 3.39. The van der Waals surface area contributed by atoms with Gasteiger partial charge in [-0.25, -0.2) is 0 Å². The standard InChI is InChI=1S/C19H23BrN4O2/c1-14(15-3-5-16(20)6-4-15)21-18-13-17(7-8-19(18)24(25)26)23-11-9-22(2)10-12-23/h3-8,13-14,21H,9-12H2,1-2H3/t14-/m1/s1. The minimum Gasteiger partial charge on any atom is -0.373 e. The molecule has 26 heavy (non-hydrogen) atoms. The molecule has 2 aromatic rings. The number of benzene rings is 2. The highest BCUT2D eigenvalue weighted by Gasteiger charge is 2.20. The van der Waals surface area contributed by atoms with Crippen LogP contribution in [0.3, 0.4) is 0 Å². The quantitative estimate of drug-likeness (QED) is 0.579. The maximum Gasteiger partial charge on any atom is 0.292 e. The number of halogens is 1. The van der Waals surface area contributed by atoms with Crippen LogP contribution in [0.2, 0.25) is 0 Å². The summed E-state index contributed by atoms with van der Waals surface area (Å²) >= 11 is 3.43. The number of nitro groups is 1. The van der Waals surface area contributed by atoms with Gasteiger partial charge < -0.3 is 15.1 Å². The van der Waals surface area contributed by atoms with E-state index in [0.717, 1.165) is 41.9 Å². The van der Waals surface area contributed by atoms with Crippen LogP contribution < -0.4 is 10.2 Å². The van der Waals surface area contributed by atoms with Crippen molar-refractivity contribution in [3.8, 4) is 0 Å². The Hall–Kier alpha value is -2.12. The van der Waals surface area contributed by atoms with Gasteiger partial charge in [-0.3, -0.25) is 10.1 Å². The molecular weight excluding hydrogens is 396 g/mol. The SMILES string of the molecule is C[C@@H](Nc1cc(N2CCN(C)CC2)ccc1[N+](=O)[O-])c1ccc(Br)cc1. The number of hydrogen-bond donors (Lipinski definition) is 1. The molecule has 0 spiro atoms. The molecule has 0 aromatic heterocycles. The Bertz CT molecular complexity index is 774. The summed E-state index contributed by atoms with van der Waals surface area (Å²) in [4.78, 5) is 15.7. The fraction of sp³-hybridized carbons (Fsp3) is 0.368. The Morgan fingerprint density at radius 3 is 2.38 bits per heavy atom. The van der Waals surface area contributed by atoms with Crippen molar-refractivity contribution in [1.29, 1.82) is 0 Å². The number of piperazine rings is 1. The fourth-order valence-electron chi connectivity index (χ4n) is 3.13. The highest BCUT2D eigenvalue weighted by Crippen LogP contribution is 2.33. The molecule has 1 heterocycles. The zero-order valence-corrected chi connectivity index (χ0v) is 16.6. The third-order valence-electron chi connectivity index (χ3n) is 4.79. The van der Waals surface area contributed by atoms with E-state index in [1.54, 1.807) is 6.07 Å². The van der Waals surface area contributed by atoms with Crippen LogP contribution in [0.25, 0.3) is 0 Å². The second-order valence-corrected chi connectivity index (χ2v) is 7.58. The first-order chi connectivity index (χ1) is 12.4. The van der Waals surface area contributed by atoms with E-state index in [9.17, 15) is 10.1 Å². The first-order valence-corrected chi connectivity index (χ1v) is 9.47. The van der Waals surface area contributed by atoms with Gasteiger partial charge in [-0.15, -0.1) is 0 Å². The highest BCUT2D eigenvalue weighted by atomic mass is 79.9. The Labute approximate surface area is 162 Å². The number of hydrogen-bond acceptors (Lipinski definition) is 5. The van der Waals surface area contributed by atoms with Gasteiger partial charge in [0.1, 0.15) is 5.69 Å². The van der Waals surface area contributed by atoms with Crippen molar-refractivity contribution in [2.24, 2.45) is 0 Å². The number of rotatable bonds is 5. The molecule has 2 aromatic carbocycles. The predicted octanol–water partition coefficient (Wildman–Crippen LogP) is 4.28. The van der Waals surface area contributed by atoms with Crippen molar-refractivity contribution < 1.29 is 4.92 Å². The zero-order chi connectivity index (χ0) is 18.7. The molecular formula is C19H23BrN4O2. The maximum absolute atomic E-state index is 11.5. The summed E-state index contributed by atoms with van der Waals surface area (Å²) in [5.41, 5.74) is 2.76. The van der Waals surface area contributed by atoms with Crippen LogP contribution in [-0.2, 0) is 0 Å². The zero-order valence-electron chi connectivity index (χ0n) is 15.0. The first-order valence-electron chi connectivity index (χ1n) is 8.68. The molecule has 0 bridgehead atoms. The number of nitrogens with zero attached hydrogens (tertiary/aromatic N) is 3. The molecule has 1 atom stereocenters. The van der Waals surface area contributed by atoms with Crippen molar-refractivity contribution in [3.63, 3.8) is 0 Å². The molecule has 6 nitrogen and oxygen atoms in total. The van der Waals surface area contributed by atoms with Crippen LogP contribution in [0.4, 0.5) is 17.1 Å². The third-order valence-corrected chi connectivity index (χ3v) is 5.32. The molecule has 1 aliphatic rings. The van der Waals surface area contributed by atoms with Gasteiger partial charge in [0.05, 0.1) is 4.92 Å². The number of nitrogens with one attached hydrogen (secondary N) is 1. The lowest BCUT2D eigenvalue weighted by Gasteiger charge is -2.34. The molecule has 0 aliphatic carbocycles. The van der Waals surface area contributed by atoms with E-state index in [1.807, 2.05) is 43.3 Å². The third kappa shape index (κ3) is 4.34. The minimum atomic E-state index is -0.329. The molecule has 1 aliphatic heterocycles. The summed E-state index contributed by atoms with van der Waals surface area (Å²) in [6, 6.07) is 13.3. The Morgan fingerprint density at radius 1 is 1.12 bits per heavy atom. The van der Waals surface area contributed by atoms with Gasteiger partial charge in [-0.1, -0.05) is 28.1 Å². The molecule has 0 saturated carbocycles. The molecule has 0 amide bonds. The molecule has 7 heteroatoms. The average Bonchev–Trinajstić information content (AvgIpc) is 2.62. The second-order valence-electron chi connectivity index (χ2n) is 6.67. The monoisotopic (exact) mass is 418 g/mol. The van der Waals surface area contributed by atoms with Crippen LogP contribution in [-0.4, -0.2) is 43.0 Å². The van der Waals surface area contributed by atoms with Gasteiger partial charge in [0.25, 0.3) is 5.69 Å². The summed E-state index contributed by atoms with van der Waals surface area (Å²) in [6.07, 6.45) is 0. The lowest BCUT2D eigenvalue weighted by Crippen LogP contribution is -2.44. The molecule has 0 radical (unpaired) electrons. The topological polar surface area (TPSA) is 61.6 Å². The van der Waals surface area contributed by atoms with Crippen LogP contribution in [0, 0.1) is 10.1 Å². The largest absolute Gasteiger partial charge is 0.373 e. The lowest BCUT2D eigenvalue weighted by molar-refractivity contribution is -0.384. The van der Waals surface area contributed by atoms with Crippen molar-refractivity contribution in [1.82, 2.24) is 4.90 Å². The van der Waals surface area contributed by atoms with E-state index in [-0.39, 0.29) is 16.7 Å². The van der Waals surface area contributed by atoms with E-state index in [0.29, 0.717) is 5.69 Å². The first kappa shape index (κ1) is 18.7. The molecule has 0 unspecified atom stereocenters. The van der Waals surface area contributed by atoms with E-state index in [1.165, 1.54) is 0 Å². The number of likely N-dealkylation sites (N-methyl/N-ethyl adjacent to an activating group) is 1. The van der Waals surface area contributed by atoms with Crippen molar-refractivity contribution in [2.75, 3.05) is 43.4 Å². The van der Waals surface area contributed by atoms with Crippen LogP contribution in [0.1, 0.15) is 18.5 Å². The molecule has 3 rings (SSSR count). The van der Waals surface area contributed by atoms with Crippen LogP contribution in [0.5, 0.6) is 0 Å². The summed E-state index contributed by atoms with van der Waals surface area (Å²) in [7, 11) is 2.11. The van der Waals surface area contributed by atoms with E-state index >= 15 is 0 Å². The number of nitro benzene ring substituents is 1. The summed E-state index contributed by atoms with van der Waals surface area (Å²) in [5, 5.41) is 14.8. The Balaban J connectivity index is 1.84. The highest BCUT2D eigenvalue weighted by molar-refractivity contribution is 9.10. The Kier molecular flexibility index (Phi) is 5.78. The van der Waals surface area contributed by atoms with Gasteiger partial charge in [-0.2, -0.15) is 0 Å². The van der Waals surface area contributed by atoms with Gasteiger partial charge in [0.2, 0.25) is 0 Å².